The van der Waals surface area contributed by atoms with E-state index in [1.807, 2.05) is 36.4 Å². The number of nitrogens with one attached hydrogen (secondary N) is 3. The van der Waals surface area contributed by atoms with Gasteiger partial charge >= 0.3 is 0 Å². The molecule has 140 valence electrons. The van der Waals surface area contributed by atoms with Crippen molar-refractivity contribution in [2.24, 2.45) is 4.99 Å². The van der Waals surface area contributed by atoms with Crippen molar-refractivity contribution in [2.75, 3.05) is 27.2 Å². The molecule has 3 N–H and O–H groups in total. The summed E-state index contributed by atoms with van der Waals surface area (Å²) < 4.78 is 10.7. The van der Waals surface area contributed by atoms with Gasteiger partial charge < -0.3 is 25.1 Å². The Morgan fingerprint density at radius 3 is 2.65 bits per heavy atom. The summed E-state index contributed by atoms with van der Waals surface area (Å²) in [5.41, 5.74) is 1.72. The number of amides is 1. The number of nitrogens with zero attached hydrogens (tertiary/aromatic N) is 1. The molecule has 1 heterocycles. The fourth-order valence-electron chi connectivity index (χ4n) is 2.27. The second kappa shape index (κ2) is 10.9. The fourth-order valence-corrected chi connectivity index (χ4v) is 2.27. The lowest BCUT2D eigenvalue weighted by Crippen LogP contribution is -2.37. The molecule has 0 aliphatic heterocycles. The zero-order valence-corrected chi connectivity index (χ0v) is 15.2. The van der Waals surface area contributed by atoms with Gasteiger partial charge in [-0.1, -0.05) is 12.1 Å². The van der Waals surface area contributed by atoms with Gasteiger partial charge in [0.05, 0.1) is 6.26 Å². The van der Waals surface area contributed by atoms with Crippen molar-refractivity contribution in [3.63, 3.8) is 0 Å². The summed E-state index contributed by atoms with van der Waals surface area (Å²) in [6, 6.07) is 11.2. The van der Waals surface area contributed by atoms with Crippen molar-refractivity contribution in [3.05, 3.63) is 59.5 Å². The minimum absolute atomic E-state index is 0.0868. The van der Waals surface area contributed by atoms with E-state index in [0.29, 0.717) is 25.3 Å². The summed E-state index contributed by atoms with van der Waals surface area (Å²) in [6.07, 6.45) is 2.50. The average Bonchev–Trinajstić information content (AvgIpc) is 3.20. The van der Waals surface area contributed by atoms with Crippen LogP contribution in [0.3, 0.4) is 0 Å². The van der Waals surface area contributed by atoms with E-state index in [9.17, 15) is 4.79 Å². The first-order valence-corrected chi connectivity index (χ1v) is 8.58. The number of carbonyl (C=O) groups excluding carboxylic acids is 1. The van der Waals surface area contributed by atoms with Gasteiger partial charge in [-0.05, 0) is 36.2 Å². The van der Waals surface area contributed by atoms with Crippen molar-refractivity contribution in [3.8, 4) is 0 Å². The van der Waals surface area contributed by atoms with Gasteiger partial charge in [-0.25, -0.2) is 0 Å². The van der Waals surface area contributed by atoms with Crippen LogP contribution in [-0.4, -0.2) is 39.1 Å². The van der Waals surface area contributed by atoms with Crippen LogP contribution in [0.5, 0.6) is 0 Å². The van der Waals surface area contributed by atoms with E-state index in [0.717, 1.165) is 30.2 Å². The number of hydrogen-bond donors (Lipinski definition) is 3. The predicted octanol–water partition coefficient (Wildman–Crippen LogP) is 1.91. The van der Waals surface area contributed by atoms with Crippen molar-refractivity contribution in [1.82, 2.24) is 16.0 Å². The third kappa shape index (κ3) is 6.60. The van der Waals surface area contributed by atoms with Crippen molar-refractivity contribution < 1.29 is 13.9 Å². The maximum absolute atomic E-state index is 11.5. The van der Waals surface area contributed by atoms with E-state index in [-0.39, 0.29) is 5.91 Å². The highest BCUT2D eigenvalue weighted by atomic mass is 16.5. The fraction of sp³-hybridized carbons (Fsp3) is 0.368. The molecule has 7 heteroatoms. The zero-order chi connectivity index (χ0) is 18.6. The van der Waals surface area contributed by atoms with Gasteiger partial charge in [0, 0.05) is 39.4 Å². The second-order valence-electron chi connectivity index (χ2n) is 5.61. The topological polar surface area (TPSA) is 87.9 Å². The quantitative estimate of drug-likeness (QED) is 0.362. The first kappa shape index (κ1) is 19.5. The van der Waals surface area contributed by atoms with Crippen LogP contribution in [0.4, 0.5) is 0 Å². The lowest BCUT2D eigenvalue weighted by molar-refractivity contribution is 0.0963. The molecule has 0 spiro atoms. The molecule has 0 bridgehead atoms. The Morgan fingerprint density at radius 2 is 2.00 bits per heavy atom. The number of furan rings is 1. The average molecular weight is 358 g/mol. The van der Waals surface area contributed by atoms with Gasteiger partial charge in [-0.15, -0.1) is 0 Å². The highest BCUT2D eigenvalue weighted by Gasteiger charge is 2.03. The van der Waals surface area contributed by atoms with Gasteiger partial charge in [0.25, 0.3) is 5.91 Å². The highest BCUT2D eigenvalue weighted by Crippen LogP contribution is 2.04. The maximum atomic E-state index is 11.5. The molecule has 0 atom stereocenters. The molecular formula is C19H26N4O3. The monoisotopic (exact) mass is 358 g/mol. The van der Waals surface area contributed by atoms with Crippen LogP contribution in [0.25, 0.3) is 0 Å². The van der Waals surface area contributed by atoms with Crippen molar-refractivity contribution in [2.45, 2.75) is 19.6 Å². The molecule has 0 saturated carbocycles. The summed E-state index contributed by atoms with van der Waals surface area (Å²) in [7, 11) is 3.35. The number of rotatable bonds is 9. The van der Waals surface area contributed by atoms with Gasteiger partial charge in [0.15, 0.2) is 5.96 Å². The molecule has 0 aliphatic carbocycles. The Bertz CT molecular complexity index is 681. The van der Waals surface area contributed by atoms with E-state index >= 15 is 0 Å². The van der Waals surface area contributed by atoms with Crippen LogP contribution in [-0.2, 0) is 17.9 Å². The summed E-state index contributed by atoms with van der Waals surface area (Å²) >= 11 is 0. The summed E-state index contributed by atoms with van der Waals surface area (Å²) in [6.45, 7) is 2.52. The van der Waals surface area contributed by atoms with Crippen LogP contribution in [0.15, 0.2) is 52.1 Å². The van der Waals surface area contributed by atoms with Crippen LogP contribution >= 0.6 is 0 Å². The van der Waals surface area contributed by atoms with Crippen molar-refractivity contribution >= 4 is 11.9 Å². The lowest BCUT2D eigenvalue weighted by Gasteiger charge is -2.12. The minimum atomic E-state index is -0.0868. The molecule has 1 aromatic carbocycles. The SMILES string of the molecule is CN=C(NCCCOCc1ccco1)NCc1ccc(C(=O)NC)cc1. The Morgan fingerprint density at radius 1 is 1.19 bits per heavy atom. The minimum Gasteiger partial charge on any atom is -0.467 e. The molecule has 0 aliphatic rings. The molecule has 1 aromatic heterocycles. The predicted molar refractivity (Wildman–Crippen MR) is 101 cm³/mol. The van der Waals surface area contributed by atoms with Gasteiger partial charge in [0.1, 0.15) is 12.4 Å². The van der Waals surface area contributed by atoms with E-state index < -0.39 is 0 Å². The third-order valence-corrected chi connectivity index (χ3v) is 3.71. The van der Waals surface area contributed by atoms with Crippen LogP contribution in [0.2, 0.25) is 0 Å². The molecule has 0 saturated heterocycles. The molecule has 0 unspecified atom stereocenters. The smallest absolute Gasteiger partial charge is 0.251 e. The van der Waals surface area contributed by atoms with Crippen LogP contribution in [0.1, 0.15) is 28.1 Å². The molecule has 2 aromatic rings. The maximum Gasteiger partial charge on any atom is 0.251 e. The normalized spacial score (nSPS) is 11.2. The van der Waals surface area contributed by atoms with E-state index in [2.05, 4.69) is 20.9 Å². The number of benzene rings is 1. The number of carbonyl (C=O) groups is 1. The van der Waals surface area contributed by atoms with Crippen molar-refractivity contribution in [1.29, 1.82) is 0 Å². The molecule has 7 nitrogen and oxygen atoms in total. The van der Waals surface area contributed by atoms with Crippen LogP contribution < -0.4 is 16.0 Å². The van der Waals surface area contributed by atoms with Crippen LogP contribution in [0, 0.1) is 0 Å². The van der Waals surface area contributed by atoms with Gasteiger partial charge in [-0.3, -0.25) is 9.79 Å². The number of hydrogen-bond acceptors (Lipinski definition) is 4. The standard InChI is InChI=1S/C19H26N4O3/c1-20-18(24)16-8-6-15(7-9-16)13-23-19(21-2)22-10-4-11-25-14-17-5-3-12-26-17/h3,5-9,12H,4,10-11,13-14H2,1-2H3,(H,20,24)(H2,21,22,23). The number of guanidine groups is 1. The van der Waals surface area contributed by atoms with Gasteiger partial charge in [0.2, 0.25) is 0 Å². The largest absolute Gasteiger partial charge is 0.467 e. The highest BCUT2D eigenvalue weighted by molar-refractivity contribution is 5.93. The first-order chi connectivity index (χ1) is 12.7. The molecule has 0 radical (unpaired) electrons. The molecule has 0 fully saturated rings. The molecule has 2 rings (SSSR count). The molecule has 1 amide bonds. The molecule has 26 heavy (non-hydrogen) atoms. The summed E-state index contributed by atoms with van der Waals surface area (Å²) in [5.74, 6) is 1.47. The van der Waals surface area contributed by atoms with E-state index in [1.165, 1.54) is 0 Å². The first-order valence-electron chi connectivity index (χ1n) is 8.58. The Kier molecular flexibility index (Phi) is 8.21. The Balaban J connectivity index is 1.62. The Labute approximate surface area is 153 Å². The van der Waals surface area contributed by atoms with Gasteiger partial charge in [-0.2, -0.15) is 0 Å². The Hall–Kier alpha value is -2.80. The second-order valence-corrected chi connectivity index (χ2v) is 5.61. The third-order valence-electron chi connectivity index (χ3n) is 3.71. The molecular weight excluding hydrogens is 332 g/mol. The number of aliphatic imine (C=N–C) groups is 1. The lowest BCUT2D eigenvalue weighted by atomic mass is 10.1. The summed E-state index contributed by atoms with van der Waals surface area (Å²) in [5, 5.41) is 9.09. The summed E-state index contributed by atoms with van der Waals surface area (Å²) in [4.78, 5) is 15.7. The van der Waals surface area contributed by atoms with E-state index in [4.69, 9.17) is 9.15 Å². The zero-order valence-electron chi connectivity index (χ0n) is 15.2. The van der Waals surface area contributed by atoms with E-state index in [1.54, 1.807) is 20.4 Å². The number of ether oxygens (including phenoxy) is 1.